The maximum atomic E-state index is 13.7. The first-order valence-corrected chi connectivity index (χ1v) is 14.3. The van der Waals surface area contributed by atoms with Crippen LogP contribution < -0.4 is 15.2 Å². The molecule has 9 heteroatoms. The highest BCUT2D eigenvalue weighted by atomic mass is 16.6. The molecule has 0 saturated heterocycles. The van der Waals surface area contributed by atoms with Crippen molar-refractivity contribution in [2.45, 2.75) is 72.3 Å². The Kier molecular flexibility index (Phi) is 9.22. The van der Waals surface area contributed by atoms with Gasteiger partial charge in [-0.05, 0) is 57.7 Å². The van der Waals surface area contributed by atoms with Gasteiger partial charge in [-0.1, -0.05) is 44.9 Å². The molecule has 4 rings (SSSR count). The molecule has 0 bridgehead atoms. The first kappa shape index (κ1) is 29.2. The van der Waals surface area contributed by atoms with Crippen LogP contribution in [0, 0.1) is 0 Å². The predicted molar refractivity (Wildman–Crippen MR) is 158 cm³/mol. The molecule has 0 saturated carbocycles. The largest absolute Gasteiger partial charge is 0.478 e. The number of rotatable bonds is 10. The summed E-state index contributed by atoms with van der Waals surface area (Å²) >= 11 is 0. The average Bonchev–Trinajstić information content (AvgIpc) is 3.18. The molecule has 0 atom stereocenters. The van der Waals surface area contributed by atoms with Crippen molar-refractivity contribution in [2.24, 2.45) is 7.05 Å². The van der Waals surface area contributed by atoms with Crippen molar-refractivity contribution in [1.82, 2.24) is 19.0 Å². The van der Waals surface area contributed by atoms with Crippen LogP contribution in [0.4, 0.5) is 4.79 Å². The number of hydrogen-bond acceptors (Lipinski definition) is 6. The molecular formula is C31H42N4O5. The van der Waals surface area contributed by atoms with E-state index in [4.69, 9.17) is 14.2 Å². The molecule has 0 radical (unpaired) electrons. The second-order valence-electron chi connectivity index (χ2n) is 11.1. The van der Waals surface area contributed by atoms with Crippen LogP contribution in [0.2, 0.25) is 0 Å². The molecule has 1 aromatic carbocycles. The lowest BCUT2D eigenvalue weighted by Crippen LogP contribution is -2.39. The highest BCUT2D eigenvalue weighted by Crippen LogP contribution is 2.32. The number of pyridine rings is 1. The van der Waals surface area contributed by atoms with Gasteiger partial charge < -0.3 is 19.1 Å². The van der Waals surface area contributed by atoms with Gasteiger partial charge in [0.15, 0.2) is 0 Å². The number of aryl methyl sites for hydroxylation is 1. The molecule has 40 heavy (non-hydrogen) atoms. The summed E-state index contributed by atoms with van der Waals surface area (Å²) in [5.41, 5.74) is 3.52. The number of nitrogens with zero attached hydrogens (tertiary/aromatic N) is 4. The molecule has 0 unspecified atom stereocenters. The fourth-order valence-corrected chi connectivity index (χ4v) is 4.72. The highest BCUT2D eigenvalue weighted by molar-refractivity contribution is 5.91. The third kappa shape index (κ3) is 6.51. The summed E-state index contributed by atoms with van der Waals surface area (Å²) < 4.78 is 20.8. The Balaban J connectivity index is 1.72. The van der Waals surface area contributed by atoms with Crippen LogP contribution in [-0.4, -0.2) is 57.0 Å². The maximum absolute atomic E-state index is 13.7. The minimum Gasteiger partial charge on any atom is -0.478 e. The summed E-state index contributed by atoms with van der Waals surface area (Å²) in [6, 6.07) is 9.58. The van der Waals surface area contributed by atoms with Gasteiger partial charge in [0.05, 0.1) is 24.2 Å². The van der Waals surface area contributed by atoms with E-state index >= 15 is 0 Å². The molecule has 1 amide bonds. The Morgan fingerprint density at radius 3 is 2.40 bits per heavy atom. The van der Waals surface area contributed by atoms with E-state index in [1.54, 1.807) is 27.1 Å². The lowest BCUT2D eigenvalue weighted by atomic mass is 9.98. The van der Waals surface area contributed by atoms with Gasteiger partial charge in [-0.2, -0.15) is 4.98 Å². The maximum Gasteiger partial charge on any atom is 0.410 e. The van der Waals surface area contributed by atoms with Crippen LogP contribution in [0.5, 0.6) is 11.8 Å². The van der Waals surface area contributed by atoms with Crippen molar-refractivity contribution in [1.29, 1.82) is 0 Å². The number of para-hydroxylation sites is 1. The molecular weight excluding hydrogens is 508 g/mol. The van der Waals surface area contributed by atoms with Gasteiger partial charge in [-0.25, -0.2) is 9.59 Å². The van der Waals surface area contributed by atoms with E-state index in [0.29, 0.717) is 50.2 Å². The molecule has 9 nitrogen and oxygen atoms in total. The molecule has 1 aliphatic rings. The second kappa shape index (κ2) is 12.6. The summed E-state index contributed by atoms with van der Waals surface area (Å²) in [7, 11) is 1.79. The number of unbranched alkanes of at least 4 members (excludes halogenated alkanes) is 2. The van der Waals surface area contributed by atoms with Crippen molar-refractivity contribution in [3.05, 3.63) is 52.5 Å². The van der Waals surface area contributed by atoms with E-state index in [2.05, 4.69) is 18.8 Å². The van der Waals surface area contributed by atoms with Gasteiger partial charge in [0.1, 0.15) is 11.3 Å². The molecule has 2 aromatic heterocycles. The molecule has 0 fully saturated rings. The van der Waals surface area contributed by atoms with E-state index in [1.165, 1.54) is 0 Å². The van der Waals surface area contributed by atoms with Crippen LogP contribution in [-0.2, 0) is 11.8 Å². The average molecular weight is 551 g/mol. The second-order valence-corrected chi connectivity index (χ2v) is 11.1. The van der Waals surface area contributed by atoms with Gasteiger partial charge in [-0.3, -0.25) is 9.13 Å². The Hall–Kier alpha value is -3.75. The fourth-order valence-electron chi connectivity index (χ4n) is 4.72. The number of fused-ring (bicyclic) bond motifs is 1. The van der Waals surface area contributed by atoms with Gasteiger partial charge in [0, 0.05) is 31.8 Å². The van der Waals surface area contributed by atoms with Crippen LogP contribution in [0.15, 0.2) is 41.2 Å². The van der Waals surface area contributed by atoms with Gasteiger partial charge in [-0.15, -0.1) is 0 Å². The van der Waals surface area contributed by atoms with Crippen molar-refractivity contribution >= 4 is 22.7 Å². The van der Waals surface area contributed by atoms with Crippen LogP contribution >= 0.6 is 0 Å². The van der Waals surface area contributed by atoms with Crippen molar-refractivity contribution in [3.8, 4) is 17.4 Å². The molecule has 0 spiro atoms. The first-order chi connectivity index (χ1) is 19.1. The number of aromatic nitrogens is 3. The molecule has 3 heterocycles. The summed E-state index contributed by atoms with van der Waals surface area (Å²) in [5.74, 6) is 0.868. The van der Waals surface area contributed by atoms with Crippen LogP contribution in [0.3, 0.4) is 0 Å². The lowest BCUT2D eigenvalue weighted by Gasteiger charge is -2.29. The summed E-state index contributed by atoms with van der Waals surface area (Å²) in [6.45, 7) is 11.9. The van der Waals surface area contributed by atoms with Crippen LogP contribution in [0.25, 0.3) is 22.3 Å². The number of benzene rings is 1. The minimum atomic E-state index is -0.540. The van der Waals surface area contributed by atoms with E-state index in [1.807, 2.05) is 51.1 Å². The fraction of sp³-hybridized carbons (Fsp3) is 0.516. The number of carbonyl (C=O) groups excluding carboxylic acids is 1. The smallest absolute Gasteiger partial charge is 0.410 e. The molecule has 0 N–H and O–H groups in total. The third-order valence-corrected chi connectivity index (χ3v) is 6.82. The van der Waals surface area contributed by atoms with E-state index in [-0.39, 0.29) is 11.8 Å². The zero-order valence-corrected chi connectivity index (χ0v) is 24.7. The highest BCUT2D eigenvalue weighted by Gasteiger charge is 2.26. The molecule has 1 aliphatic heterocycles. The zero-order valence-electron chi connectivity index (χ0n) is 24.7. The van der Waals surface area contributed by atoms with Gasteiger partial charge in [0.2, 0.25) is 11.8 Å². The Morgan fingerprint density at radius 1 is 1.02 bits per heavy atom. The van der Waals surface area contributed by atoms with Crippen LogP contribution in [0.1, 0.15) is 72.3 Å². The number of imidazole rings is 1. The number of ether oxygens (including phenoxy) is 3. The van der Waals surface area contributed by atoms with E-state index in [9.17, 15) is 9.59 Å². The number of carbonyl (C=O) groups is 1. The quantitative estimate of drug-likeness (QED) is 0.283. The summed E-state index contributed by atoms with van der Waals surface area (Å²) in [5, 5.41) is 0. The van der Waals surface area contributed by atoms with Crippen molar-refractivity contribution < 1.29 is 19.0 Å². The lowest BCUT2D eigenvalue weighted by molar-refractivity contribution is 0.0270. The third-order valence-electron chi connectivity index (χ3n) is 6.82. The monoisotopic (exact) mass is 550 g/mol. The Morgan fingerprint density at radius 2 is 1.75 bits per heavy atom. The molecule has 3 aromatic rings. The minimum absolute atomic E-state index is 0.184. The zero-order chi connectivity index (χ0) is 28.9. The summed E-state index contributed by atoms with van der Waals surface area (Å²) in [4.78, 5) is 32.6. The Labute approximate surface area is 236 Å². The van der Waals surface area contributed by atoms with Crippen molar-refractivity contribution in [3.63, 3.8) is 0 Å². The number of hydrogen-bond donors (Lipinski definition) is 0. The normalized spacial score (nSPS) is 13.8. The van der Waals surface area contributed by atoms with Gasteiger partial charge in [0.25, 0.3) is 0 Å². The predicted octanol–water partition coefficient (Wildman–Crippen LogP) is 6.11. The molecule has 0 aliphatic carbocycles. The van der Waals surface area contributed by atoms with E-state index < -0.39 is 5.60 Å². The van der Waals surface area contributed by atoms with E-state index in [0.717, 1.165) is 47.9 Å². The number of amides is 1. The Bertz CT molecular complexity index is 1430. The SMILES string of the molecule is CCCCOc1ccc(-n2c(=O)n(C)c3c(C4=CCN(C(=O)OC(C)(C)C)CC4)cccc32)c(OCCCC)n1. The standard InChI is InChI=1S/C31H42N4O5/c1-7-9-20-38-26-15-14-25(28(32-26)39-21-10-8-2)35-24-13-11-12-23(27(24)33(6)29(35)36)22-16-18-34(19-17-22)30(37)40-31(3,4)5/h11-16H,7-10,17-21H2,1-6H3. The first-order valence-electron chi connectivity index (χ1n) is 14.3. The van der Waals surface area contributed by atoms with Crippen molar-refractivity contribution in [2.75, 3.05) is 26.3 Å². The van der Waals surface area contributed by atoms with Gasteiger partial charge >= 0.3 is 11.8 Å². The molecule has 216 valence electrons. The summed E-state index contributed by atoms with van der Waals surface area (Å²) in [6.07, 6.45) is 6.23. The topological polar surface area (TPSA) is 87.8 Å².